The molecule has 0 fully saturated rings. The van der Waals surface area contributed by atoms with Crippen molar-refractivity contribution in [3.8, 4) is 5.75 Å². The number of aryl methyl sites for hydroxylation is 2. The first-order valence-corrected chi connectivity index (χ1v) is 12.1. The summed E-state index contributed by atoms with van der Waals surface area (Å²) in [5.74, 6) is -0.0530. The van der Waals surface area contributed by atoms with Crippen molar-refractivity contribution >= 4 is 33.1 Å². The Morgan fingerprint density at radius 3 is 2.60 bits per heavy atom. The highest BCUT2D eigenvalue weighted by atomic mass is 32.2. The van der Waals surface area contributed by atoms with Crippen molar-refractivity contribution in [3.05, 3.63) is 71.6 Å². The smallest absolute Gasteiger partial charge is 0.262 e. The molecule has 182 valence electrons. The van der Waals surface area contributed by atoms with Crippen LogP contribution in [0.4, 0.5) is 15.8 Å². The average molecular weight is 499 g/mol. The Labute approximate surface area is 201 Å². The minimum absolute atomic E-state index is 0.112. The van der Waals surface area contributed by atoms with Gasteiger partial charge in [0.2, 0.25) is 5.91 Å². The third-order valence-electron chi connectivity index (χ3n) is 5.44. The van der Waals surface area contributed by atoms with E-state index in [1.807, 2.05) is 13.8 Å². The van der Waals surface area contributed by atoms with Gasteiger partial charge in [0.25, 0.3) is 15.8 Å². The monoisotopic (exact) mass is 498 g/mol. The molecular weight excluding hydrogens is 475 g/mol. The Hall–Kier alpha value is -4.06. The number of carbonyl (C=O) groups is 1. The van der Waals surface area contributed by atoms with Gasteiger partial charge in [0.15, 0.2) is 0 Å². The molecule has 0 saturated heterocycles. The molecule has 2 heterocycles. The van der Waals surface area contributed by atoms with Crippen LogP contribution in [0.3, 0.4) is 0 Å². The fourth-order valence-corrected chi connectivity index (χ4v) is 4.72. The number of amides is 1. The normalized spacial score (nSPS) is 11.4. The maximum atomic E-state index is 13.2. The number of rotatable bonds is 8. The van der Waals surface area contributed by atoms with Crippen LogP contribution in [0.5, 0.6) is 5.75 Å². The Balaban J connectivity index is 1.48. The summed E-state index contributed by atoms with van der Waals surface area (Å²) in [5.41, 5.74) is 3.05. The van der Waals surface area contributed by atoms with Crippen LogP contribution in [0.15, 0.2) is 53.7 Å². The van der Waals surface area contributed by atoms with Crippen molar-refractivity contribution in [3.63, 3.8) is 0 Å². The van der Waals surface area contributed by atoms with Crippen molar-refractivity contribution in [2.45, 2.75) is 31.6 Å². The quantitative estimate of drug-likeness (QED) is 0.382. The molecule has 0 unspecified atom stereocenters. The molecule has 0 radical (unpaired) electrons. The molecule has 0 aliphatic heterocycles. The molecular formula is C23H23FN6O4S. The van der Waals surface area contributed by atoms with Crippen LogP contribution >= 0.6 is 0 Å². The number of halogens is 1. The summed E-state index contributed by atoms with van der Waals surface area (Å²) in [6.45, 7) is 3.75. The maximum absolute atomic E-state index is 13.2. The molecule has 0 bridgehead atoms. The highest BCUT2D eigenvalue weighted by molar-refractivity contribution is 7.92. The number of nitrogens with zero attached hydrogens (tertiary/aromatic N) is 4. The number of hydrogen-bond donors (Lipinski definition) is 2. The van der Waals surface area contributed by atoms with Crippen molar-refractivity contribution in [1.29, 1.82) is 0 Å². The molecule has 2 aromatic carbocycles. The second-order valence-electron chi connectivity index (χ2n) is 7.76. The minimum Gasteiger partial charge on any atom is -0.495 e. The Morgan fingerprint density at radius 1 is 1.14 bits per heavy atom. The Kier molecular flexibility index (Phi) is 6.65. The number of anilines is 2. The summed E-state index contributed by atoms with van der Waals surface area (Å²) in [7, 11) is -2.61. The third-order valence-corrected chi connectivity index (χ3v) is 6.82. The summed E-state index contributed by atoms with van der Waals surface area (Å²) in [4.78, 5) is 21.0. The van der Waals surface area contributed by atoms with E-state index in [0.29, 0.717) is 17.9 Å². The number of sulfonamides is 1. The van der Waals surface area contributed by atoms with Gasteiger partial charge in [-0.2, -0.15) is 10.1 Å². The van der Waals surface area contributed by atoms with Gasteiger partial charge in [-0.15, -0.1) is 0 Å². The summed E-state index contributed by atoms with van der Waals surface area (Å²) in [6, 6.07) is 9.03. The van der Waals surface area contributed by atoms with E-state index in [1.165, 1.54) is 25.6 Å². The number of hydrogen-bond acceptors (Lipinski definition) is 7. The molecule has 4 rings (SSSR count). The van der Waals surface area contributed by atoms with Gasteiger partial charge in [-0.3, -0.25) is 9.52 Å². The third kappa shape index (κ3) is 5.22. The summed E-state index contributed by atoms with van der Waals surface area (Å²) in [5, 5.41) is 6.93. The molecule has 0 spiro atoms. The predicted molar refractivity (Wildman–Crippen MR) is 127 cm³/mol. The zero-order valence-corrected chi connectivity index (χ0v) is 20.1. The van der Waals surface area contributed by atoms with Crippen molar-refractivity contribution in [2.75, 3.05) is 17.1 Å². The number of methoxy groups -OCH3 is 1. The van der Waals surface area contributed by atoms with Gasteiger partial charge >= 0.3 is 0 Å². The van der Waals surface area contributed by atoms with Gasteiger partial charge in [-0.05, 0) is 68.3 Å². The first-order valence-electron chi connectivity index (χ1n) is 10.6. The van der Waals surface area contributed by atoms with Gasteiger partial charge < -0.3 is 10.1 Å². The van der Waals surface area contributed by atoms with Gasteiger partial charge in [-0.25, -0.2) is 22.3 Å². The molecule has 2 N–H and O–H groups in total. The van der Waals surface area contributed by atoms with Crippen molar-refractivity contribution < 1.29 is 22.3 Å². The second-order valence-corrected chi connectivity index (χ2v) is 9.44. The zero-order chi connectivity index (χ0) is 25.2. The van der Waals surface area contributed by atoms with Crippen LogP contribution in [0, 0.1) is 19.7 Å². The summed E-state index contributed by atoms with van der Waals surface area (Å²) in [6.07, 6.45) is 2.04. The maximum Gasteiger partial charge on any atom is 0.262 e. The molecule has 12 heteroatoms. The molecule has 0 atom stereocenters. The number of ether oxygens (including phenoxy) is 1. The van der Waals surface area contributed by atoms with Gasteiger partial charge in [0.05, 0.1) is 17.7 Å². The predicted octanol–water partition coefficient (Wildman–Crippen LogP) is 3.26. The van der Waals surface area contributed by atoms with E-state index >= 15 is 0 Å². The van der Waals surface area contributed by atoms with Crippen LogP contribution in [0.1, 0.15) is 23.4 Å². The van der Waals surface area contributed by atoms with Crippen LogP contribution in [-0.4, -0.2) is 41.0 Å². The average Bonchev–Trinajstić information content (AvgIpc) is 3.28. The zero-order valence-electron chi connectivity index (χ0n) is 19.2. The van der Waals surface area contributed by atoms with E-state index in [2.05, 4.69) is 25.1 Å². The molecule has 0 aliphatic carbocycles. The first kappa shape index (κ1) is 24.1. The number of carbonyl (C=O) groups excluding carboxylic acids is 1. The van der Waals surface area contributed by atoms with Gasteiger partial charge in [0, 0.05) is 23.5 Å². The van der Waals surface area contributed by atoms with E-state index < -0.39 is 15.8 Å². The molecule has 0 aliphatic rings. The molecule has 35 heavy (non-hydrogen) atoms. The standard InChI is InChI=1S/C23H23FN6O4S/c1-14-19(15(2)30-23(27-14)25-13-26-30)9-11-22(31)28-17-6-10-21(34-3)20(12-17)29-35(32,33)18-7-4-16(24)5-8-18/h4-8,10,12-13,29H,9,11H2,1-3H3,(H,28,31). The number of nitrogens with one attached hydrogen (secondary N) is 2. The lowest BCUT2D eigenvalue weighted by atomic mass is 10.1. The highest BCUT2D eigenvalue weighted by Gasteiger charge is 2.18. The Bertz CT molecular complexity index is 1500. The lowest BCUT2D eigenvalue weighted by molar-refractivity contribution is -0.116. The molecule has 1 amide bonds. The van der Waals surface area contributed by atoms with E-state index in [1.54, 1.807) is 10.6 Å². The van der Waals surface area contributed by atoms with Crippen molar-refractivity contribution in [1.82, 2.24) is 19.6 Å². The molecule has 10 nitrogen and oxygen atoms in total. The second kappa shape index (κ2) is 9.66. The molecule has 2 aromatic heterocycles. The van der Waals surface area contributed by atoms with Crippen LogP contribution in [-0.2, 0) is 21.2 Å². The van der Waals surface area contributed by atoms with Crippen LogP contribution < -0.4 is 14.8 Å². The van der Waals surface area contributed by atoms with E-state index in [4.69, 9.17) is 4.74 Å². The van der Waals surface area contributed by atoms with E-state index in [9.17, 15) is 17.6 Å². The van der Waals surface area contributed by atoms with E-state index in [-0.39, 0.29) is 28.7 Å². The fraction of sp³-hybridized carbons (Fsp3) is 0.217. The van der Waals surface area contributed by atoms with E-state index in [0.717, 1.165) is 41.2 Å². The molecule has 4 aromatic rings. The summed E-state index contributed by atoms with van der Waals surface area (Å²) < 4.78 is 47.9. The topological polar surface area (TPSA) is 128 Å². The lowest BCUT2D eigenvalue weighted by Crippen LogP contribution is -2.16. The number of fused-ring (bicyclic) bond motifs is 1. The highest BCUT2D eigenvalue weighted by Crippen LogP contribution is 2.30. The minimum atomic E-state index is -4.01. The van der Waals surface area contributed by atoms with Crippen molar-refractivity contribution in [2.24, 2.45) is 0 Å². The van der Waals surface area contributed by atoms with Gasteiger partial charge in [-0.1, -0.05) is 0 Å². The van der Waals surface area contributed by atoms with Crippen LogP contribution in [0.25, 0.3) is 5.78 Å². The number of benzene rings is 2. The number of aromatic nitrogens is 4. The largest absolute Gasteiger partial charge is 0.495 e. The first-order chi connectivity index (χ1) is 16.7. The van der Waals surface area contributed by atoms with Crippen LogP contribution in [0.2, 0.25) is 0 Å². The SMILES string of the molecule is COc1ccc(NC(=O)CCc2c(C)nc3ncnn3c2C)cc1NS(=O)(=O)c1ccc(F)cc1. The Morgan fingerprint density at radius 2 is 1.89 bits per heavy atom. The summed E-state index contributed by atoms with van der Waals surface area (Å²) >= 11 is 0. The fourth-order valence-electron chi connectivity index (χ4n) is 3.66. The van der Waals surface area contributed by atoms with Gasteiger partial charge in [0.1, 0.15) is 17.9 Å². The lowest BCUT2D eigenvalue weighted by Gasteiger charge is -2.14. The molecule has 0 saturated carbocycles.